The molecule has 28 heavy (non-hydrogen) atoms. The molecule has 1 amide bonds. The maximum atomic E-state index is 12.8. The summed E-state index contributed by atoms with van der Waals surface area (Å²) in [4.78, 5) is 17.4. The van der Waals surface area contributed by atoms with Crippen molar-refractivity contribution in [3.8, 4) is 17.0 Å². The summed E-state index contributed by atoms with van der Waals surface area (Å²) in [7, 11) is 1.53. The van der Waals surface area contributed by atoms with E-state index >= 15 is 0 Å². The highest BCUT2D eigenvalue weighted by Crippen LogP contribution is 2.34. The molecule has 4 rings (SSSR count). The summed E-state index contributed by atoms with van der Waals surface area (Å²) in [5.41, 5.74) is 2.29. The molecule has 3 aromatic carbocycles. The van der Waals surface area contributed by atoms with E-state index in [0.29, 0.717) is 20.9 Å². The number of anilines is 1. The molecule has 7 heteroatoms. The zero-order valence-corrected chi connectivity index (χ0v) is 18.7. The number of amides is 1. The van der Waals surface area contributed by atoms with Crippen LogP contribution in [0, 0.1) is 0 Å². The number of nitrogens with one attached hydrogen (secondary N) is 1. The van der Waals surface area contributed by atoms with Crippen molar-refractivity contribution in [3.05, 3.63) is 74.5 Å². The number of methoxy groups -OCH3 is 1. The molecule has 1 aromatic heterocycles. The number of hydrogen-bond acceptors (Lipinski definition) is 4. The minimum atomic E-state index is -0.280. The van der Waals surface area contributed by atoms with E-state index in [-0.39, 0.29) is 5.91 Å². The second-order valence-electron chi connectivity index (χ2n) is 5.99. The van der Waals surface area contributed by atoms with E-state index in [1.807, 2.05) is 35.7 Å². The highest BCUT2D eigenvalue weighted by atomic mass is 79.9. The summed E-state index contributed by atoms with van der Waals surface area (Å²) >= 11 is 8.22. The summed E-state index contributed by atoms with van der Waals surface area (Å²) in [6, 6.07) is 17.9. The van der Waals surface area contributed by atoms with Gasteiger partial charge in [0.2, 0.25) is 0 Å². The fourth-order valence-electron chi connectivity index (χ4n) is 3.00. The summed E-state index contributed by atoms with van der Waals surface area (Å²) in [6.07, 6.45) is 0. The van der Waals surface area contributed by atoms with Crippen LogP contribution in [-0.2, 0) is 0 Å². The molecule has 0 spiro atoms. The third-order valence-electron chi connectivity index (χ3n) is 4.25. The van der Waals surface area contributed by atoms with Crippen LogP contribution in [0.5, 0.6) is 5.75 Å². The van der Waals surface area contributed by atoms with Crippen molar-refractivity contribution in [2.75, 3.05) is 12.4 Å². The van der Waals surface area contributed by atoms with Crippen LogP contribution >= 0.6 is 43.2 Å². The van der Waals surface area contributed by atoms with Gasteiger partial charge in [-0.2, -0.15) is 0 Å². The number of thiazole rings is 1. The predicted molar refractivity (Wildman–Crippen MR) is 121 cm³/mol. The monoisotopic (exact) mass is 516 g/mol. The number of rotatable bonds is 4. The average molecular weight is 518 g/mol. The lowest BCUT2D eigenvalue weighted by Gasteiger charge is -2.10. The second-order valence-corrected chi connectivity index (χ2v) is 8.62. The quantitative estimate of drug-likeness (QED) is 0.325. The van der Waals surface area contributed by atoms with Crippen molar-refractivity contribution in [3.63, 3.8) is 0 Å². The lowest BCUT2D eigenvalue weighted by Crippen LogP contribution is -2.13. The third kappa shape index (κ3) is 3.70. The summed E-state index contributed by atoms with van der Waals surface area (Å²) < 4.78 is 6.84. The van der Waals surface area contributed by atoms with Gasteiger partial charge in [-0.05, 0) is 38.8 Å². The van der Waals surface area contributed by atoms with Gasteiger partial charge in [-0.15, -0.1) is 11.3 Å². The Morgan fingerprint density at radius 2 is 1.89 bits per heavy atom. The van der Waals surface area contributed by atoms with Crippen molar-refractivity contribution in [1.82, 2.24) is 4.98 Å². The molecule has 140 valence electrons. The number of carbonyl (C=O) groups is 1. The minimum absolute atomic E-state index is 0.280. The fourth-order valence-corrected chi connectivity index (χ4v) is 5.10. The van der Waals surface area contributed by atoms with E-state index in [2.05, 4.69) is 60.4 Å². The van der Waals surface area contributed by atoms with Crippen molar-refractivity contribution in [1.29, 1.82) is 0 Å². The maximum absolute atomic E-state index is 12.8. The Bertz CT molecular complexity index is 1180. The Morgan fingerprint density at radius 3 is 2.71 bits per heavy atom. The van der Waals surface area contributed by atoms with Crippen LogP contribution in [0.2, 0.25) is 0 Å². The molecular formula is C21H14Br2N2O2S. The van der Waals surface area contributed by atoms with Gasteiger partial charge >= 0.3 is 0 Å². The molecule has 0 saturated heterocycles. The van der Waals surface area contributed by atoms with Gasteiger partial charge in [0.25, 0.3) is 5.91 Å². The largest absolute Gasteiger partial charge is 0.495 e. The molecule has 0 unspecified atom stereocenters. The van der Waals surface area contributed by atoms with Crippen LogP contribution < -0.4 is 10.1 Å². The Balaban J connectivity index is 1.65. The molecule has 0 aliphatic carbocycles. The molecule has 0 bridgehead atoms. The van der Waals surface area contributed by atoms with Gasteiger partial charge < -0.3 is 4.74 Å². The average Bonchev–Trinajstić information content (AvgIpc) is 3.15. The summed E-state index contributed by atoms with van der Waals surface area (Å²) in [5.74, 6) is 0.198. The number of nitrogens with zero attached hydrogens (tertiary/aromatic N) is 1. The topological polar surface area (TPSA) is 51.2 Å². The molecule has 0 aliphatic rings. The Labute approximate surface area is 182 Å². The smallest absolute Gasteiger partial charge is 0.261 e. The van der Waals surface area contributed by atoms with Crippen molar-refractivity contribution in [2.24, 2.45) is 0 Å². The molecule has 0 atom stereocenters. The maximum Gasteiger partial charge on any atom is 0.261 e. The van der Waals surface area contributed by atoms with Crippen LogP contribution in [0.3, 0.4) is 0 Å². The zero-order valence-electron chi connectivity index (χ0n) is 14.7. The molecule has 1 heterocycles. The van der Waals surface area contributed by atoms with Crippen LogP contribution in [0.15, 0.2) is 68.9 Å². The SMILES string of the molecule is COc1c(Br)cc(Br)cc1C(=O)Nc1nc(-c2cccc3ccccc23)cs1. The molecule has 4 aromatic rings. The number of carbonyl (C=O) groups excluding carboxylic acids is 1. The Hall–Kier alpha value is -2.22. The molecule has 0 aliphatic heterocycles. The van der Waals surface area contributed by atoms with Gasteiger partial charge in [0.05, 0.1) is 22.8 Å². The van der Waals surface area contributed by atoms with Crippen LogP contribution in [-0.4, -0.2) is 18.0 Å². The number of fused-ring (bicyclic) bond motifs is 1. The standard InChI is InChI=1S/C21H14Br2N2O2S/c1-27-19-16(9-13(22)10-17(19)23)20(26)25-21-24-18(11-28-21)15-8-4-6-12-5-2-3-7-14(12)15/h2-11H,1H3,(H,24,25,26). The zero-order chi connectivity index (χ0) is 19.7. The Morgan fingerprint density at radius 1 is 1.11 bits per heavy atom. The van der Waals surface area contributed by atoms with E-state index < -0.39 is 0 Å². The van der Waals surface area contributed by atoms with E-state index in [1.54, 1.807) is 6.07 Å². The van der Waals surface area contributed by atoms with Gasteiger partial charge in [-0.1, -0.05) is 58.4 Å². The van der Waals surface area contributed by atoms with Crippen LogP contribution in [0.25, 0.3) is 22.0 Å². The first-order valence-electron chi connectivity index (χ1n) is 8.35. The third-order valence-corrected chi connectivity index (χ3v) is 6.05. The van der Waals surface area contributed by atoms with Gasteiger partial charge in [-0.25, -0.2) is 4.98 Å². The summed E-state index contributed by atoms with van der Waals surface area (Å²) in [6.45, 7) is 0. The van der Waals surface area contributed by atoms with E-state index in [9.17, 15) is 4.79 Å². The highest BCUT2D eigenvalue weighted by Gasteiger charge is 2.18. The minimum Gasteiger partial charge on any atom is -0.495 e. The first-order valence-corrected chi connectivity index (χ1v) is 10.8. The van der Waals surface area contributed by atoms with Crippen molar-refractivity contribution < 1.29 is 9.53 Å². The molecular weight excluding hydrogens is 504 g/mol. The van der Waals surface area contributed by atoms with Gasteiger partial charge in [0.1, 0.15) is 5.75 Å². The first-order chi connectivity index (χ1) is 13.6. The van der Waals surface area contributed by atoms with E-state index in [0.717, 1.165) is 26.5 Å². The van der Waals surface area contributed by atoms with Gasteiger partial charge in [0.15, 0.2) is 5.13 Å². The molecule has 0 radical (unpaired) electrons. The number of aromatic nitrogens is 1. The van der Waals surface area contributed by atoms with E-state index in [4.69, 9.17) is 4.74 Å². The van der Waals surface area contributed by atoms with E-state index in [1.165, 1.54) is 18.4 Å². The molecule has 0 fully saturated rings. The molecule has 0 saturated carbocycles. The van der Waals surface area contributed by atoms with Crippen LogP contribution in [0.1, 0.15) is 10.4 Å². The first kappa shape index (κ1) is 19.1. The van der Waals surface area contributed by atoms with Crippen LogP contribution in [0.4, 0.5) is 5.13 Å². The number of ether oxygens (including phenoxy) is 1. The van der Waals surface area contributed by atoms with Crippen molar-refractivity contribution in [2.45, 2.75) is 0 Å². The number of hydrogen-bond donors (Lipinski definition) is 1. The normalized spacial score (nSPS) is 10.8. The predicted octanol–water partition coefficient (Wildman–Crippen LogP) is 6.75. The lowest BCUT2D eigenvalue weighted by molar-refractivity contribution is 0.102. The molecule has 1 N–H and O–H groups in total. The lowest BCUT2D eigenvalue weighted by atomic mass is 10.0. The number of halogens is 2. The Kier molecular flexibility index (Phi) is 5.48. The number of benzene rings is 3. The fraction of sp³-hybridized carbons (Fsp3) is 0.0476. The van der Waals surface area contributed by atoms with Gasteiger partial charge in [0, 0.05) is 15.4 Å². The summed E-state index contributed by atoms with van der Waals surface area (Å²) in [5, 5.41) is 7.64. The highest BCUT2D eigenvalue weighted by molar-refractivity contribution is 9.11. The van der Waals surface area contributed by atoms with Gasteiger partial charge in [-0.3, -0.25) is 10.1 Å². The van der Waals surface area contributed by atoms with Crippen molar-refractivity contribution >= 4 is 65.0 Å². The second kappa shape index (κ2) is 8.03. The molecule has 4 nitrogen and oxygen atoms in total.